The Morgan fingerprint density at radius 1 is 0.134 bits per heavy atom. The van der Waals surface area contributed by atoms with Gasteiger partial charge in [0.1, 0.15) is 0 Å². The monoisotopic (exact) mass is 1270 g/mol. The SMILES string of the molecule is C(=C/c1ccc(/C=C/c2ccc(/C=C/c3ccc(/C=C/c4ccc(/C=C/c5ccc(/C=C/c6ccc(/C=C/c7ccc(/C=C/c8ccc(/C=C/c9ccc(/C=C/c%10cccs%10)s9)s8)s7)s6)s5)s4)s3)s2)s1)/c1ccc(/C=C/c2cccs2)s1. The van der Waals surface area contributed by atoms with Crippen molar-refractivity contribution in [2.45, 2.75) is 0 Å². The van der Waals surface area contributed by atoms with E-state index >= 15 is 0 Å². The average Bonchev–Trinajstić information content (AvgIpc) is 4.34. The fourth-order valence-electron chi connectivity index (χ4n) is 8.05. The van der Waals surface area contributed by atoms with E-state index in [2.05, 4.69) is 290 Å². The highest BCUT2D eigenvalue weighted by Crippen LogP contribution is 2.32. The first-order valence-corrected chi connectivity index (χ1v) is 35.9. The highest BCUT2D eigenvalue weighted by Gasteiger charge is 2.04. The molecule has 0 nitrogen and oxygen atoms in total. The first-order valence-electron chi connectivity index (χ1n) is 26.0. The predicted octanol–water partition coefficient (Wildman–Crippen LogP) is 26.3. The van der Waals surface area contributed by atoms with Crippen LogP contribution in [-0.4, -0.2) is 0 Å². The second-order valence-electron chi connectivity index (χ2n) is 18.1. The van der Waals surface area contributed by atoms with Crippen LogP contribution >= 0.6 is 136 Å². The Labute approximate surface area is 527 Å². The van der Waals surface area contributed by atoms with Crippen LogP contribution in [0.3, 0.4) is 0 Å². The summed E-state index contributed by atoms with van der Waals surface area (Å²) in [6, 6.07) is 52.5. The van der Waals surface area contributed by atoms with Crippen LogP contribution in [0.4, 0.5) is 0 Å². The molecule has 0 radical (unpaired) electrons. The van der Waals surface area contributed by atoms with Gasteiger partial charge in [0, 0.05) is 107 Å². The van der Waals surface area contributed by atoms with Crippen molar-refractivity contribution in [3.8, 4) is 0 Å². The molecule has 0 fully saturated rings. The third-order valence-electron chi connectivity index (χ3n) is 12.1. The van der Waals surface area contributed by atoms with Gasteiger partial charge in [0.15, 0.2) is 0 Å². The van der Waals surface area contributed by atoms with Gasteiger partial charge in [-0.1, -0.05) is 12.1 Å². The Balaban J connectivity index is 0.562. The molecule has 0 atom stereocenters. The maximum Gasteiger partial charge on any atom is 0.0277 e. The minimum atomic E-state index is 1.24. The first-order chi connectivity index (χ1) is 40.4. The highest BCUT2D eigenvalue weighted by molar-refractivity contribution is 7.18. The van der Waals surface area contributed by atoms with Crippen LogP contribution in [0.1, 0.15) is 107 Å². The fourth-order valence-corrected chi connectivity index (χ4v) is 17.5. The van der Waals surface area contributed by atoms with Crippen molar-refractivity contribution in [3.05, 3.63) is 264 Å². The third-order valence-corrected chi connectivity index (χ3v) is 23.9. The van der Waals surface area contributed by atoms with E-state index in [-0.39, 0.29) is 0 Å². The summed E-state index contributed by atoms with van der Waals surface area (Å²) < 4.78 is 0. The summed E-state index contributed by atoms with van der Waals surface area (Å²) >= 11 is 21.6. The molecule has 12 aromatic rings. The van der Waals surface area contributed by atoms with E-state index in [1.165, 1.54) is 107 Å². The summed E-state index contributed by atoms with van der Waals surface area (Å²) in [6.45, 7) is 0. The Morgan fingerprint density at radius 3 is 0.341 bits per heavy atom. The van der Waals surface area contributed by atoms with E-state index < -0.39 is 0 Å². The number of rotatable bonds is 22. The minimum Gasteiger partial charge on any atom is -0.144 e. The van der Waals surface area contributed by atoms with Gasteiger partial charge in [0.2, 0.25) is 0 Å². The molecule has 0 saturated heterocycles. The van der Waals surface area contributed by atoms with Crippen LogP contribution in [-0.2, 0) is 0 Å². The summed E-state index contributed by atoms with van der Waals surface area (Å²) in [5.74, 6) is 0. The maximum atomic E-state index is 2.23. The van der Waals surface area contributed by atoms with E-state index in [0.29, 0.717) is 0 Å². The van der Waals surface area contributed by atoms with E-state index in [4.69, 9.17) is 0 Å². The standard InChI is InChI=1S/C70H48S12/c1-3-49(71-47-1)5-7-51-9-11-53(73-51)13-15-55-17-19-57(75-55)21-23-59-25-27-61(77-59)29-31-63-33-35-65(79-63)37-39-67-41-43-69(81-67)45-46-70-44-42-68(82-70)40-38-66-36-34-64(80-66)32-30-62-28-26-60(78-62)24-22-58-20-18-56(76-58)16-14-54-12-10-52(74-54)8-6-50-4-2-48-72-50/h1-48H/b7-5+,8-6+,15-13-,16-14+,23-21+,24-22+,31-29+,32-30+,39-37+,40-38+,46-45+. The molecule has 12 aromatic heterocycles. The van der Waals surface area contributed by atoms with Crippen molar-refractivity contribution in [2.75, 3.05) is 0 Å². The molecule has 0 spiro atoms. The zero-order valence-electron chi connectivity index (χ0n) is 43.6. The molecule has 0 aliphatic rings. The summed E-state index contributed by atoms with van der Waals surface area (Å²) in [5.41, 5.74) is 0. The van der Waals surface area contributed by atoms with Gasteiger partial charge in [-0.2, -0.15) is 0 Å². The summed E-state index contributed by atoms with van der Waals surface area (Å²) in [5, 5.41) is 4.22. The van der Waals surface area contributed by atoms with Crippen molar-refractivity contribution < 1.29 is 0 Å². The number of thiophene rings is 12. The second kappa shape index (κ2) is 28.2. The van der Waals surface area contributed by atoms with Gasteiger partial charge in [-0.25, -0.2) is 0 Å². The van der Waals surface area contributed by atoms with Crippen LogP contribution in [0, 0.1) is 0 Å². The smallest absolute Gasteiger partial charge is 0.0277 e. The molecule has 0 aliphatic carbocycles. The quantitative estimate of drug-likeness (QED) is 0.0634. The molecule has 400 valence electrons. The van der Waals surface area contributed by atoms with Crippen molar-refractivity contribution >= 4 is 270 Å². The molecule has 82 heavy (non-hydrogen) atoms. The van der Waals surface area contributed by atoms with Crippen LogP contribution in [0.25, 0.3) is 134 Å². The lowest BCUT2D eigenvalue weighted by Gasteiger charge is -1.87. The lowest BCUT2D eigenvalue weighted by molar-refractivity contribution is 1.89. The van der Waals surface area contributed by atoms with Crippen molar-refractivity contribution in [2.24, 2.45) is 0 Å². The van der Waals surface area contributed by atoms with Gasteiger partial charge in [0.05, 0.1) is 0 Å². The normalized spacial score (nSPS) is 12.8. The molecular weight excluding hydrogens is 1230 g/mol. The first kappa shape index (κ1) is 56.0. The van der Waals surface area contributed by atoms with Gasteiger partial charge < -0.3 is 0 Å². The number of hydrogen-bond donors (Lipinski definition) is 0. The zero-order valence-corrected chi connectivity index (χ0v) is 53.4. The molecule has 0 saturated carbocycles. The Kier molecular flexibility index (Phi) is 19.3. The molecular formula is C70H48S12. The molecule has 0 aromatic carbocycles. The molecule has 0 bridgehead atoms. The highest BCUT2D eigenvalue weighted by atomic mass is 32.1. The Morgan fingerprint density at radius 2 is 0.244 bits per heavy atom. The van der Waals surface area contributed by atoms with Crippen LogP contribution in [0.15, 0.2) is 156 Å². The summed E-state index contributed by atoms with van der Waals surface area (Å²) in [7, 11) is 0. The molecule has 0 N–H and O–H groups in total. The minimum absolute atomic E-state index is 1.24. The van der Waals surface area contributed by atoms with Crippen molar-refractivity contribution in [1.29, 1.82) is 0 Å². The molecule has 12 rings (SSSR count). The lowest BCUT2D eigenvalue weighted by atomic mass is 10.3. The van der Waals surface area contributed by atoms with Gasteiger partial charge in [-0.3, -0.25) is 0 Å². The van der Waals surface area contributed by atoms with Crippen LogP contribution in [0.5, 0.6) is 0 Å². The molecule has 0 unspecified atom stereocenters. The average molecular weight is 1270 g/mol. The molecule has 12 heteroatoms. The summed E-state index contributed by atoms with van der Waals surface area (Å²) in [6.07, 6.45) is 48.8. The van der Waals surface area contributed by atoms with Gasteiger partial charge in [0.25, 0.3) is 0 Å². The third kappa shape index (κ3) is 16.6. The molecule has 12 heterocycles. The van der Waals surface area contributed by atoms with Crippen LogP contribution < -0.4 is 0 Å². The fraction of sp³-hybridized carbons (Fsp3) is 0. The Hall–Kier alpha value is -6.46. The van der Waals surface area contributed by atoms with E-state index in [0.717, 1.165) is 0 Å². The molecule has 0 amide bonds. The largest absolute Gasteiger partial charge is 0.144 e. The van der Waals surface area contributed by atoms with Crippen molar-refractivity contribution in [3.63, 3.8) is 0 Å². The predicted molar refractivity (Wildman–Crippen MR) is 390 cm³/mol. The topological polar surface area (TPSA) is 0 Å². The zero-order chi connectivity index (χ0) is 55.1. The number of hydrogen-bond acceptors (Lipinski definition) is 12. The summed E-state index contributed by atoms with van der Waals surface area (Å²) in [4.78, 5) is 27.6. The lowest BCUT2D eigenvalue weighted by Crippen LogP contribution is -1.59. The van der Waals surface area contributed by atoms with E-state index in [9.17, 15) is 0 Å². The van der Waals surface area contributed by atoms with Gasteiger partial charge >= 0.3 is 0 Å². The maximum absolute atomic E-state index is 2.23. The van der Waals surface area contributed by atoms with Crippen LogP contribution in [0.2, 0.25) is 0 Å². The van der Waals surface area contributed by atoms with Gasteiger partial charge in [-0.05, 0) is 278 Å². The molecule has 0 aliphatic heterocycles. The van der Waals surface area contributed by atoms with E-state index in [1.54, 1.807) is 22.7 Å². The van der Waals surface area contributed by atoms with Gasteiger partial charge in [-0.15, -0.1) is 136 Å². The van der Waals surface area contributed by atoms with E-state index in [1.807, 2.05) is 113 Å². The van der Waals surface area contributed by atoms with Crippen molar-refractivity contribution in [1.82, 2.24) is 0 Å². The Bertz CT molecular complexity index is 4060. The second-order valence-corrected chi connectivity index (χ2v) is 31.5.